The lowest BCUT2D eigenvalue weighted by Gasteiger charge is -2.26. The first-order chi connectivity index (χ1) is 7.97. The van der Waals surface area contributed by atoms with Crippen molar-refractivity contribution in [3.63, 3.8) is 0 Å². The number of hydrogen-bond donors (Lipinski definition) is 0. The van der Waals surface area contributed by atoms with Crippen LogP contribution in [0.1, 0.15) is 29.8 Å². The van der Waals surface area contributed by atoms with Crippen LogP contribution in [0, 0.1) is 6.92 Å². The van der Waals surface area contributed by atoms with Crippen LogP contribution in [0.3, 0.4) is 0 Å². The average Bonchev–Trinajstić information content (AvgIpc) is 2.28. The summed E-state index contributed by atoms with van der Waals surface area (Å²) in [6.45, 7) is 6.80. The van der Waals surface area contributed by atoms with Crippen LogP contribution in [0.2, 0.25) is 0 Å². The van der Waals surface area contributed by atoms with Gasteiger partial charge in [0.1, 0.15) is 0 Å². The number of hydrogen-bond acceptors (Lipinski definition) is 1. The number of nitrogens with zero attached hydrogens (tertiary/aromatic N) is 1. The van der Waals surface area contributed by atoms with Crippen molar-refractivity contribution in [2.24, 2.45) is 0 Å². The predicted octanol–water partition coefficient (Wildman–Crippen LogP) is 4.00. The van der Waals surface area contributed by atoms with Gasteiger partial charge in [-0.2, -0.15) is 0 Å². The summed E-state index contributed by atoms with van der Waals surface area (Å²) in [5.74, 6) is 0.0835. The third kappa shape index (κ3) is 3.81. The molecule has 0 N–H and O–H groups in total. The molecule has 17 heavy (non-hydrogen) atoms. The summed E-state index contributed by atoms with van der Waals surface area (Å²) in [6, 6.07) is 5.94. The molecule has 0 spiro atoms. The molecule has 0 heterocycles. The molecule has 0 atom stereocenters. The van der Waals surface area contributed by atoms with E-state index in [9.17, 15) is 4.79 Å². The van der Waals surface area contributed by atoms with Crippen LogP contribution in [0.25, 0.3) is 0 Å². The summed E-state index contributed by atoms with van der Waals surface area (Å²) in [5.41, 5.74) is 1.87. The van der Waals surface area contributed by atoms with Gasteiger partial charge >= 0.3 is 0 Å². The zero-order valence-corrected chi connectivity index (χ0v) is 13.5. The van der Waals surface area contributed by atoms with Crippen molar-refractivity contribution in [2.75, 3.05) is 11.9 Å². The average molecular weight is 363 g/mol. The van der Waals surface area contributed by atoms with Gasteiger partial charge in [-0.3, -0.25) is 4.79 Å². The number of carbonyl (C=O) groups is 1. The lowest BCUT2D eigenvalue weighted by molar-refractivity contribution is 0.0719. The van der Waals surface area contributed by atoms with Gasteiger partial charge in [0.2, 0.25) is 0 Å². The highest BCUT2D eigenvalue weighted by molar-refractivity contribution is 9.10. The highest BCUT2D eigenvalue weighted by Crippen LogP contribution is 2.19. The van der Waals surface area contributed by atoms with Crippen LogP contribution in [-0.4, -0.2) is 28.7 Å². The van der Waals surface area contributed by atoms with Crippen molar-refractivity contribution in [3.05, 3.63) is 33.8 Å². The van der Waals surface area contributed by atoms with E-state index in [4.69, 9.17) is 0 Å². The fourth-order valence-electron chi connectivity index (χ4n) is 1.58. The molecule has 0 bridgehead atoms. The Morgan fingerprint density at radius 3 is 2.53 bits per heavy atom. The SMILES string of the molecule is Cc1ccc(C(=O)N(CCBr)C(C)C)cc1Br. The highest BCUT2D eigenvalue weighted by atomic mass is 79.9. The van der Waals surface area contributed by atoms with E-state index in [2.05, 4.69) is 31.9 Å². The first-order valence-corrected chi connectivity index (χ1v) is 7.52. The highest BCUT2D eigenvalue weighted by Gasteiger charge is 2.18. The number of rotatable bonds is 4. The molecule has 1 rings (SSSR count). The third-order valence-electron chi connectivity index (χ3n) is 2.63. The van der Waals surface area contributed by atoms with E-state index in [1.54, 1.807) is 0 Å². The topological polar surface area (TPSA) is 20.3 Å². The van der Waals surface area contributed by atoms with Gasteiger partial charge in [0.15, 0.2) is 0 Å². The molecule has 0 radical (unpaired) electrons. The second kappa shape index (κ2) is 6.55. The molecule has 94 valence electrons. The van der Waals surface area contributed by atoms with E-state index in [0.717, 1.165) is 27.5 Å². The minimum atomic E-state index is 0.0835. The summed E-state index contributed by atoms with van der Waals surface area (Å²) in [7, 11) is 0. The molecule has 1 aromatic rings. The fourth-order valence-corrected chi connectivity index (χ4v) is 2.34. The van der Waals surface area contributed by atoms with Crippen molar-refractivity contribution in [1.82, 2.24) is 4.90 Å². The van der Waals surface area contributed by atoms with Crippen LogP contribution < -0.4 is 0 Å². The third-order valence-corrected chi connectivity index (χ3v) is 3.84. The van der Waals surface area contributed by atoms with E-state index in [1.807, 2.05) is 43.9 Å². The zero-order chi connectivity index (χ0) is 13.0. The number of benzene rings is 1. The maximum atomic E-state index is 12.3. The molecule has 0 saturated heterocycles. The van der Waals surface area contributed by atoms with Gasteiger partial charge in [0.05, 0.1) is 0 Å². The van der Waals surface area contributed by atoms with Crippen molar-refractivity contribution in [1.29, 1.82) is 0 Å². The fraction of sp³-hybridized carbons (Fsp3) is 0.462. The van der Waals surface area contributed by atoms with E-state index >= 15 is 0 Å². The molecule has 0 aromatic heterocycles. The molecule has 4 heteroatoms. The second-order valence-corrected chi connectivity index (χ2v) is 5.89. The quantitative estimate of drug-likeness (QED) is 0.741. The van der Waals surface area contributed by atoms with Crippen molar-refractivity contribution < 1.29 is 4.79 Å². The zero-order valence-electron chi connectivity index (χ0n) is 10.3. The maximum absolute atomic E-state index is 12.3. The van der Waals surface area contributed by atoms with Crippen LogP contribution in [0.15, 0.2) is 22.7 Å². The lowest BCUT2D eigenvalue weighted by Crippen LogP contribution is -2.38. The number of amides is 1. The maximum Gasteiger partial charge on any atom is 0.254 e. The Hall–Kier alpha value is -0.350. The van der Waals surface area contributed by atoms with E-state index in [1.165, 1.54) is 0 Å². The number of halogens is 2. The molecule has 0 aliphatic rings. The Balaban J connectivity index is 2.97. The van der Waals surface area contributed by atoms with Gasteiger partial charge in [-0.05, 0) is 38.5 Å². The number of carbonyl (C=O) groups excluding carboxylic acids is 1. The monoisotopic (exact) mass is 361 g/mol. The molecular weight excluding hydrogens is 346 g/mol. The minimum Gasteiger partial charge on any atom is -0.335 e. The van der Waals surface area contributed by atoms with Crippen LogP contribution >= 0.6 is 31.9 Å². The van der Waals surface area contributed by atoms with Gasteiger partial charge in [-0.15, -0.1) is 0 Å². The van der Waals surface area contributed by atoms with Crippen LogP contribution in [-0.2, 0) is 0 Å². The van der Waals surface area contributed by atoms with Crippen LogP contribution in [0.5, 0.6) is 0 Å². The Morgan fingerprint density at radius 2 is 2.06 bits per heavy atom. The largest absolute Gasteiger partial charge is 0.335 e. The van der Waals surface area contributed by atoms with E-state index in [-0.39, 0.29) is 11.9 Å². The molecule has 2 nitrogen and oxygen atoms in total. The molecule has 0 unspecified atom stereocenters. The summed E-state index contributed by atoms with van der Waals surface area (Å²) >= 11 is 6.84. The van der Waals surface area contributed by atoms with E-state index < -0.39 is 0 Å². The molecule has 0 aliphatic heterocycles. The molecule has 0 aliphatic carbocycles. The number of alkyl halides is 1. The first kappa shape index (κ1) is 14.7. The summed E-state index contributed by atoms with van der Waals surface area (Å²) in [5, 5.41) is 0.796. The lowest BCUT2D eigenvalue weighted by atomic mass is 10.1. The minimum absolute atomic E-state index is 0.0835. The standard InChI is InChI=1S/C13H17Br2NO/c1-9(2)16(7-6-14)13(17)11-5-4-10(3)12(15)8-11/h4-5,8-9H,6-7H2,1-3H3. The molecular formula is C13H17Br2NO. The Morgan fingerprint density at radius 1 is 1.41 bits per heavy atom. The molecule has 1 amide bonds. The van der Waals surface area contributed by atoms with Gasteiger partial charge in [0, 0.05) is 28.0 Å². The van der Waals surface area contributed by atoms with Gasteiger partial charge in [-0.1, -0.05) is 37.9 Å². The Kier molecular flexibility index (Phi) is 5.67. The molecule has 0 saturated carbocycles. The van der Waals surface area contributed by atoms with Crippen molar-refractivity contribution >= 4 is 37.8 Å². The molecule has 0 fully saturated rings. The molecule has 1 aromatic carbocycles. The predicted molar refractivity (Wildman–Crippen MR) is 78.8 cm³/mol. The van der Waals surface area contributed by atoms with Crippen molar-refractivity contribution in [2.45, 2.75) is 26.8 Å². The summed E-state index contributed by atoms with van der Waals surface area (Å²) in [6.07, 6.45) is 0. The number of aryl methyl sites for hydroxylation is 1. The Labute approximate surface area is 120 Å². The van der Waals surface area contributed by atoms with Gasteiger partial charge in [0.25, 0.3) is 5.91 Å². The summed E-state index contributed by atoms with van der Waals surface area (Å²) < 4.78 is 0.978. The van der Waals surface area contributed by atoms with E-state index in [0.29, 0.717) is 0 Å². The smallest absolute Gasteiger partial charge is 0.254 e. The summed E-state index contributed by atoms with van der Waals surface area (Å²) in [4.78, 5) is 14.2. The van der Waals surface area contributed by atoms with Crippen LogP contribution in [0.4, 0.5) is 0 Å². The first-order valence-electron chi connectivity index (χ1n) is 5.60. The second-order valence-electron chi connectivity index (χ2n) is 4.25. The normalized spacial score (nSPS) is 10.7. The van der Waals surface area contributed by atoms with Gasteiger partial charge < -0.3 is 4.90 Å². The van der Waals surface area contributed by atoms with Crippen molar-refractivity contribution in [3.8, 4) is 0 Å². The Bertz CT molecular complexity index is 404. The van der Waals surface area contributed by atoms with Gasteiger partial charge in [-0.25, -0.2) is 0 Å².